The van der Waals surface area contributed by atoms with Crippen molar-refractivity contribution in [2.75, 3.05) is 11.4 Å². The first-order chi connectivity index (χ1) is 10.0. The fourth-order valence-electron chi connectivity index (χ4n) is 2.23. The quantitative estimate of drug-likeness (QED) is 0.913. The molecule has 5 heteroatoms. The molecule has 0 unspecified atom stereocenters. The molecule has 0 spiro atoms. The molecule has 0 amide bonds. The van der Waals surface area contributed by atoms with E-state index >= 15 is 0 Å². The molecule has 0 fully saturated rings. The number of carbonyl (C=O) groups is 1. The predicted molar refractivity (Wildman–Crippen MR) is 81.2 cm³/mol. The van der Waals surface area contributed by atoms with E-state index < -0.39 is 5.97 Å². The molecular formula is C16H17N3O2. The second-order valence-corrected chi connectivity index (χ2v) is 5.09. The third kappa shape index (κ3) is 3.29. The standard InChI is InChI=1S/C16H17N3O2/c1-11(2)19(8-7-15(20)21)16-13(10-17)9-12-5-3-4-6-14(12)18-16/h3-6,9,11H,7-8H2,1-2H3,(H,20,21). The zero-order valence-electron chi connectivity index (χ0n) is 12.1. The Kier molecular flexibility index (Phi) is 4.39. The molecule has 0 aliphatic carbocycles. The van der Waals surface area contributed by atoms with Crippen molar-refractivity contribution in [3.05, 3.63) is 35.9 Å². The molecule has 5 nitrogen and oxygen atoms in total. The van der Waals surface area contributed by atoms with Crippen LogP contribution >= 0.6 is 0 Å². The number of aromatic nitrogens is 1. The average Bonchev–Trinajstić information content (AvgIpc) is 2.46. The van der Waals surface area contributed by atoms with E-state index in [0.29, 0.717) is 17.9 Å². The van der Waals surface area contributed by atoms with E-state index in [1.165, 1.54) is 0 Å². The number of hydrogen-bond donors (Lipinski definition) is 1. The minimum Gasteiger partial charge on any atom is -0.481 e. The first kappa shape index (κ1) is 14.8. The lowest BCUT2D eigenvalue weighted by Crippen LogP contribution is -2.34. The van der Waals surface area contributed by atoms with Gasteiger partial charge in [-0.15, -0.1) is 0 Å². The molecule has 0 aliphatic heterocycles. The van der Waals surface area contributed by atoms with E-state index in [0.717, 1.165) is 10.9 Å². The van der Waals surface area contributed by atoms with Crippen molar-refractivity contribution >= 4 is 22.7 Å². The maximum absolute atomic E-state index is 10.8. The number of benzene rings is 1. The van der Waals surface area contributed by atoms with Crippen LogP contribution < -0.4 is 4.90 Å². The van der Waals surface area contributed by atoms with Gasteiger partial charge in [0.1, 0.15) is 11.9 Å². The maximum Gasteiger partial charge on any atom is 0.305 e. The Morgan fingerprint density at radius 3 is 2.76 bits per heavy atom. The molecule has 21 heavy (non-hydrogen) atoms. The zero-order valence-corrected chi connectivity index (χ0v) is 12.1. The molecule has 1 N–H and O–H groups in total. The van der Waals surface area contributed by atoms with Crippen molar-refractivity contribution in [3.63, 3.8) is 0 Å². The molecule has 0 radical (unpaired) electrons. The number of carboxylic acids is 1. The van der Waals surface area contributed by atoms with Gasteiger partial charge in [0.05, 0.1) is 17.5 Å². The van der Waals surface area contributed by atoms with Gasteiger partial charge in [-0.2, -0.15) is 5.26 Å². The van der Waals surface area contributed by atoms with E-state index in [2.05, 4.69) is 11.1 Å². The molecule has 1 aromatic carbocycles. The van der Waals surface area contributed by atoms with Crippen molar-refractivity contribution in [2.24, 2.45) is 0 Å². The van der Waals surface area contributed by atoms with Crippen molar-refractivity contribution in [1.29, 1.82) is 5.26 Å². The number of aliphatic carboxylic acids is 1. The average molecular weight is 283 g/mol. The molecular weight excluding hydrogens is 266 g/mol. The van der Waals surface area contributed by atoms with Gasteiger partial charge in [0.2, 0.25) is 0 Å². The van der Waals surface area contributed by atoms with E-state index in [-0.39, 0.29) is 12.5 Å². The first-order valence-corrected chi connectivity index (χ1v) is 6.81. The minimum absolute atomic E-state index is 0.0115. The summed E-state index contributed by atoms with van der Waals surface area (Å²) in [4.78, 5) is 17.2. The Hall–Kier alpha value is -2.61. The maximum atomic E-state index is 10.8. The Balaban J connectivity index is 2.50. The van der Waals surface area contributed by atoms with Gasteiger partial charge < -0.3 is 10.0 Å². The van der Waals surface area contributed by atoms with E-state index in [1.54, 1.807) is 6.07 Å². The van der Waals surface area contributed by atoms with Crippen LogP contribution in [0, 0.1) is 11.3 Å². The molecule has 1 aromatic heterocycles. The molecule has 0 atom stereocenters. The third-order valence-electron chi connectivity index (χ3n) is 3.29. The molecule has 2 aromatic rings. The van der Waals surface area contributed by atoms with Crippen LogP contribution in [-0.4, -0.2) is 28.6 Å². The summed E-state index contributed by atoms with van der Waals surface area (Å²) in [7, 11) is 0. The van der Waals surface area contributed by atoms with Crippen molar-refractivity contribution in [3.8, 4) is 6.07 Å². The summed E-state index contributed by atoms with van der Waals surface area (Å²) in [5.74, 6) is -0.313. The number of nitriles is 1. The van der Waals surface area contributed by atoms with Gasteiger partial charge in [0, 0.05) is 18.0 Å². The number of rotatable bonds is 5. The lowest BCUT2D eigenvalue weighted by Gasteiger charge is -2.28. The van der Waals surface area contributed by atoms with Crippen molar-refractivity contribution in [1.82, 2.24) is 4.98 Å². The Bertz CT molecular complexity index is 704. The van der Waals surface area contributed by atoms with Gasteiger partial charge in [0.15, 0.2) is 0 Å². The highest BCUT2D eigenvalue weighted by molar-refractivity contribution is 5.83. The van der Waals surface area contributed by atoms with Crippen LogP contribution in [0.15, 0.2) is 30.3 Å². The normalized spacial score (nSPS) is 10.6. The summed E-state index contributed by atoms with van der Waals surface area (Å²) in [6.07, 6.45) is 0.0115. The number of para-hydroxylation sites is 1. The van der Waals surface area contributed by atoms with Crippen LogP contribution in [-0.2, 0) is 4.79 Å². The summed E-state index contributed by atoms with van der Waals surface area (Å²) in [5, 5.41) is 19.1. The Morgan fingerprint density at radius 2 is 2.14 bits per heavy atom. The molecule has 0 saturated heterocycles. The monoisotopic (exact) mass is 283 g/mol. The van der Waals surface area contributed by atoms with Gasteiger partial charge in [-0.25, -0.2) is 4.98 Å². The fourth-order valence-corrected chi connectivity index (χ4v) is 2.23. The van der Waals surface area contributed by atoms with Gasteiger partial charge >= 0.3 is 5.97 Å². The number of nitrogens with zero attached hydrogens (tertiary/aromatic N) is 3. The summed E-state index contributed by atoms with van der Waals surface area (Å²) in [6.45, 7) is 4.24. The van der Waals surface area contributed by atoms with Crippen LogP contribution in [0.2, 0.25) is 0 Å². The van der Waals surface area contributed by atoms with E-state index in [4.69, 9.17) is 5.11 Å². The summed E-state index contributed by atoms with van der Waals surface area (Å²) >= 11 is 0. The van der Waals surface area contributed by atoms with Crippen LogP contribution in [0.4, 0.5) is 5.82 Å². The number of carboxylic acid groups (broad SMARTS) is 1. The lowest BCUT2D eigenvalue weighted by atomic mass is 10.1. The summed E-state index contributed by atoms with van der Waals surface area (Å²) in [5.41, 5.74) is 1.26. The van der Waals surface area contributed by atoms with Gasteiger partial charge in [-0.1, -0.05) is 18.2 Å². The highest BCUT2D eigenvalue weighted by Gasteiger charge is 2.18. The number of hydrogen-bond acceptors (Lipinski definition) is 4. The molecule has 0 bridgehead atoms. The largest absolute Gasteiger partial charge is 0.481 e. The summed E-state index contributed by atoms with van der Waals surface area (Å²) in [6, 6.07) is 11.6. The van der Waals surface area contributed by atoms with Crippen LogP contribution in [0.1, 0.15) is 25.8 Å². The Labute approximate surface area is 123 Å². The molecule has 2 rings (SSSR count). The van der Waals surface area contributed by atoms with Gasteiger partial charge in [-0.3, -0.25) is 4.79 Å². The van der Waals surface area contributed by atoms with Crippen LogP contribution in [0.3, 0.4) is 0 Å². The topological polar surface area (TPSA) is 77.2 Å². The first-order valence-electron chi connectivity index (χ1n) is 6.81. The highest BCUT2D eigenvalue weighted by Crippen LogP contribution is 2.24. The number of anilines is 1. The predicted octanol–water partition coefficient (Wildman–Crippen LogP) is 2.80. The number of pyridine rings is 1. The smallest absolute Gasteiger partial charge is 0.305 e. The van der Waals surface area contributed by atoms with E-state index in [1.807, 2.05) is 43.0 Å². The molecule has 0 saturated carbocycles. The van der Waals surface area contributed by atoms with Gasteiger partial charge in [-0.05, 0) is 26.0 Å². The second-order valence-electron chi connectivity index (χ2n) is 5.09. The van der Waals surface area contributed by atoms with Crippen LogP contribution in [0.25, 0.3) is 10.9 Å². The minimum atomic E-state index is -0.861. The van der Waals surface area contributed by atoms with E-state index in [9.17, 15) is 10.1 Å². The van der Waals surface area contributed by atoms with Crippen molar-refractivity contribution < 1.29 is 9.90 Å². The SMILES string of the molecule is CC(C)N(CCC(=O)O)c1nc2ccccc2cc1C#N. The highest BCUT2D eigenvalue weighted by atomic mass is 16.4. The summed E-state index contributed by atoms with van der Waals surface area (Å²) < 4.78 is 0. The lowest BCUT2D eigenvalue weighted by molar-refractivity contribution is -0.136. The van der Waals surface area contributed by atoms with Crippen LogP contribution in [0.5, 0.6) is 0 Å². The molecule has 0 aliphatic rings. The van der Waals surface area contributed by atoms with Gasteiger partial charge in [0.25, 0.3) is 0 Å². The molecule has 108 valence electrons. The molecule has 1 heterocycles. The fraction of sp³-hybridized carbons (Fsp3) is 0.312. The van der Waals surface area contributed by atoms with Crippen molar-refractivity contribution in [2.45, 2.75) is 26.3 Å². The second kappa shape index (κ2) is 6.23. The number of fused-ring (bicyclic) bond motifs is 1. The zero-order chi connectivity index (χ0) is 15.4. The third-order valence-corrected chi connectivity index (χ3v) is 3.29. The Morgan fingerprint density at radius 1 is 1.43 bits per heavy atom.